The molecule has 1 aromatic rings. The van der Waals surface area contributed by atoms with Crippen LogP contribution in [0.25, 0.3) is 0 Å². The van der Waals surface area contributed by atoms with Gasteiger partial charge in [0.15, 0.2) is 0 Å². The van der Waals surface area contributed by atoms with Crippen molar-refractivity contribution in [3.63, 3.8) is 0 Å². The standard InChI is InChI=1S/C11H17FN2O2S/c1-3-8(2)7-14-17(15,16)9-4-5-11(13)10(12)6-9/h4-6,8,14H,3,7,13H2,1-2H3. The average molecular weight is 260 g/mol. The molecule has 1 unspecified atom stereocenters. The van der Waals surface area contributed by atoms with Crippen molar-refractivity contribution in [2.45, 2.75) is 25.2 Å². The molecule has 0 heterocycles. The van der Waals surface area contributed by atoms with E-state index in [0.717, 1.165) is 12.5 Å². The van der Waals surface area contributed by atoms with Crippen LogP contribution in [0.5, 0.6) is 0 Å². The molecular formula is C11H17FN2O2S. The Morgan fingerprint density at radius 1 is 1.47 bits per heavy atom. The summed E-state index contributed by atoms with van der Waals surface area (Å²) in [6.45, 7) is 4.25. The van der Waals surface area contributed by atoms with Crippen molar-refractivity contribution in [2.24, 2.45) is 5.92 Å². The molecule has 4 nitrogen and oxygen atoms in total. The van der Waals surface area contributed by atoms with Gasteiger partial charge in [-0.1, -0.05) is 20.3 Å². The second-order valence-electron chi connectivity index (χ2n) is 4.05. The Labute approximate surface area is 101 Å². The molecule has 0 radical (unpaired) electrons. The first-order chi connectivity index (χ1) is 7.86. The van der Waals surface area contributed by atoms with Gasteiger partial charge in [0, 0.05) is 6.54 Å². The van der Waals surface area contributed by atoms with Gasteiger partial charge in [-0.15, -0.1) is 0 Å². The predicted octanol–water partition coefficient (Wildman–Crippen LogP) is 1.73. The summed E-state index contributed by atoms with van der Waals surface area (Å²) in [6, 6.07) is 3.46. The van der Waals surface area contributed by atoms with Crippen LogP contribution in [-0.4, -0.2) is 15.0 Å². The zero-order valence-corrected chi connectivity index (χ0v) is 10.7. The number of halogens is 1. The van der Waals surface area contributed by atoms with Gasteiger partial charge in [0.05, 0.1) is 10.6 Å². The highest BCUT2D eigenvalue weighted by atomic mass is 32.2. The van der Waals surface area contributed by atoms with Crippen molar-refractivity contribution in [3.8, 4) is 0 Å². The Bertz CT molecular complexity index is 488. The van der Waals surface area contributed by atoms with Crippen molar-refractivity contribution in [1.82, 2.24) is 4.72 Å². The Kier molecular flexibility index (Phi) is 4.47. The van der Waals surface area contributed by atoms with E-state index in [1.807, 2.05) is 13.8 Å². The average Bonchev–Trinajstić information content (AvgIpc) is 2.29. The Balaban J connectivity index is 2.86. The van der Waals surface area contributed by atoms with E-state index in [4.69, 9.17) is 5.73 Å². The third-order valence-electron chi connectivity index (χ3n) is 2.60. The van der Waals surface area contributed by atoms with Gasteiger partial charge in [0.2, 0.25) is 10.0 Å². The lowest BCUT2D eigenvalue weighted by atomic mass is 10.1. The fraction of sp³-hybridized carbons (Fsp3) is 0.455. The van der Waals surface area contributed by atoms with Crippen molar-refractivity contribution in [2.75, 3.05) is 12.3 Å². The first-order valence-corrected chi connectivity index (χ1v) is 6.89. The maximum atomic E-state index is 13.2. The number of nitrogen functional groups attached to an aromatic ring is 1. The van der Waals surface area contributed by atoms with Gasteiger partial charge in [0.25, 0.3) is 0 Å². The van der Waals surface area contributed by atoms with Gasteiger partial charge < -0.3 is 5.73 Å². The first-order valence-electron chi connectivity index (χ1n) is 5.41. The summed E-state index contributed by atoms with van der Waals surface area (Å²) in [7, 11) is -3.65. The molecular weight excluding hydrogens is 243 g/mol. The number of nitrogens with one attached hydrogen (secondary N) is 1. The second kappa shape index (κ2) is 5.46. The number of hydrogen-bond donors (Lipinski definition) is 2. The topological polar surface area (TPSA) is 72.2 Å². The van der Waals surface area contributed by atoms with Gasteiger partial charge in [-0.2, -0.15) is 0 Å². The summed E-state index contributed by atoms with van der Waals surface area (Å²) >= 11 is 0. The highest BCUT2D eigenvalue weighted by Crippen LogP contribution is 2.16. The fourth-order valence-corrected chi connectivity index (χ4v) is 2.33. The van der Waals surface area contributed by atoms with E-state index in [2.05, 4.69) is 4.72 Å². The number of hydrogen-bond acceptors (Lipinski definition) is 3. The van der Waals surface area contributed by atoms with E-state index in [9.17, 15) is 12.8 Å². The minimum absolute atomic E-state index is 0.0640. The second-order valence-corrected chi connectivity index (χ2v) is 5.82. The predicted molar refractivity (Wildman–Crippen MR) is 65.5 cm³/mol. The highest BCUT2D eigenvalue weighted by Gasteiger charge is 2.16. The summed E-state index contributed by atoms with van der Waals surface area (Å²) in [4.78, 5) is -0.104. The highest BCUT2D eigenvalue weighted by molar-refractivity contribution is 7.89. The van der Waals surface area contributed by atoms with Crippen LogP contribution in [0.1, 0.15) is 20.3 Å². The lowest BCUT2D eigenvalue weighted by Gasteiger charge is -2.11. The number of nitrogens with two attached hydrogens (primary N) is 1. The molecule has 3 N–H and O–H groups in total. The molecule has 1 rings (SSSR count). The van der Waals surface area contributed by atoms with Crippen LogP contribution in [0.4, 0.5) is 10.1 Å². The number of anilines is 1. The molecule has 1 aromatic carbocycles. The van der Waals surface area contributed by atoms with Crippen LogP contribution in [-0.2, 0) is 10.0 Å². The molecule has 96 valence electrons. The van der Waals surface area contributed by atoms with E-state index >= 15 is 0 Å². The van der Waals surface area contributed by atoms with E-state index in [0.29, 0.717) is 6.54 Å². The zero-order chi connectivity index (χ0) is 13.1. The van der Waals surface area contributed by atoms with Gasteiger partial charge in [0.1, 0.15) is 5.82 Å². The molecule has 0 amide bonds. The summed E-state index contributed by atoms with van der Waals surface area (Å²) < 4.78 is 39.2. The van der Waals surface area contributed by atoms with Gasteiger partial charge >= 0.3 is 0 Å². The normalized spacial score (nSPS) is 13.6. The molecule has 6 heteroatoms. The molecule has 0 aliphatic heterocycles. The quantitative estimate of drug-likeness (QED) is 0.792. The van der Waals surface area contributed by atoms with Crippen LogP contribution < -0.4 is 10.5 Å². The summed E-state index contributed by atoms with van der Waals surface area (Å²) in [6.07, 6.45) is 0.874. The van der Waals surface area contributed by atoms with Crippen LogP contribution >= 0.6 is 0 Å². The molecule has 0 spiro atoms. The smallest absolute Gasteiger partial charge is 0.240 e. The van der Waals surface area contributed by atoms with E-state index in [-0.39, 0.29) is 16.5 Å². The van der Waals surface area contributed by atoms with Gasteiger partial charge in [-0.25, -0.2) is 17.5 Å². The van der Waals surface area contributed by atoms with Crippen LogP contribution in [0.2, 0.25) is 0 Å². The summed E-state index contributed by atoms with van der Waals surface area (Å²) in [5.41, 5.74) is 5.22. The molecule has 17 heavy (non-hydrogen) atoms. The molecule has 1 atom stereocenters. The minimum atomic E-state index is -3.65. The molecule has 0 fully saturated rings. The molecule has 0 aliphatic carbocycles. The van der Waals surface area contributed by atoms with E-state index in [1.165, 1.54) is 12.1 Å². The van der Waals surface area contributed by atoms with Gasteiger partial charge in [-0.3, -0.25) is 0 Å². The molecule has 0 bridgehead atoms. The third-order valence-corrected chi connectivity index (χ3v) is 4.02. The Morgan fingerprint density at radius 2 is 2.12 bits per heavy atom. The van der Waals surface area contributed by atoms with Crippen molar-refractivity contribution in [1.29, 1.82) is 0 Å². The minimum Gasteiger partial charge on any atom is -0.396 e. The first kappa shape index (κ1) is 13.9. The Morgan fingerprint density at radius 3 is 2.65 bits per heavy atom. The summed E-state index contributed by atoms with van der Waals surface area (Å²) in [5.74, 6) is -0.486. The van der Waals surface area contributed by atoms with Crippen molar-refractivity contribution in [3.05, 3.63) is 24.0 Å². The lowest BCUT2D eigenvalue weighted by molar-refractivity contribution is 0.527. The van der Waals surface area contributed by atoms with Crippen LogP contribution in [0.3, 0.4) is 0 Å². The third kappa shape index (κ3) is 3.67. The Hall–Kier alpha value is -1.14. The van der Waals surface area contributed by atoms with Crippen molar-refractivity contribution < 1.29 is 12.8 Å². The zero-order valence-electron chi connectivity index (χ0n) is 9.90. The number of benzene rings is 1. The number of rotatable bonds is 5. The van der Waals surface area contributed by atoms with E-state index in [1.54, 1.807) is 0 Å². The molecule has 0 aliphatic rings. The van der Waals surface area contributed by atoms with E-state index < -0.39 is 15.8 Å². The summed E-state index contributed by atoms with van der Waals surface area (Å²) in [5, 5.41) is 0. The van der Waals surface area contributed by atoms with Crippen LogP contribution in [0, 0.1) is 11.7 Å². The monoisotopic (exact) mass is 260 g/mol. The lowest BCUT2D eigenvalue weighted by Crippen LogP contribution is -2.28. The largest absolute Gasteiger partial charge is 0.396 e. The molecule has 0 saturated heterocycles. The SMILES string of the molecule is CCC(C)CNS(=O)(=O)c1ccc(N)c(F)c1. The molecule has 0 aromatic heterocycles. The van der Waals surface area contributed by atoms with Crippen molar-refractivity contribution >= 4 is 15.7 Å². The maximum absolute atomic E-state index is 13.2. The molecule has 0 saturated carbocycles. The maximum Gasteiger partial charge on any atom is 0.240 e. The number of sulfonamides is 1. The fourth-order valence-electron chi connectivity index (χ4n) is 1.15. The van der Waals surface area contributed by atoms with Gasteiger partial charge in [-0.05, 0) is 24.1 Å². The van der Waals surface area contributed by atoms with Crippen LogP contribution in [0.15, 0.2) is 23.1 Å².